The van der Waals surface area contributed by atoms with Gasteiger partial charge in [-0.15, -0.1) is 0 Å². The highest BCUT2D eigenvalue weighted by Crippen LogP contribution is 2.36. The first-order valence-corrected chi connectivity index (χ1v) is 8.25. The minimum Gasteiger partial charge on any atom is -0.472 e. The summed E-state index contributed by atoms with van der Waals surface area (Å²) >= 11 is 0. The van der Waals surface area contributed by atoms with Crippen LogP contribution in [-0.2, 0) is 11.3 Å². The number of rotatable bonds is 4. The molecule has 1 spiro atoms. The van der Waals surface area contributed by atoms with Gasteiger partial charge in [0.15, 0.2) is 5.82 Å². The molecule has 0 saturated carbocycles. The molecule has 2 aromatic rings. The third-order valence-corrected chi connectivity index (χ3v) is 4.63. The smallest absolute Gasteiger partial charge is 0.250 e. The highest BCUT2D eigenvalue weighted by atomic mass is 19.1. The summed E-state index contributed by atoms with van der Waals surface area (Å²) in [6.45, 7) is 3.29. The number of ether oxygens (including phenoxy) is 2. The molecule has 5 nitrogen and oxygen atoms in total. The third kappa shape index (κ3) is 3.25. The highest BCUT2D eigenvalue weighted by Gasteiger charge is 2.48. The molecule has 2 aliphatic rings. The normalized spacial score (nSPS) is 23.0. The number of halogens is 1. The van der Waals surface area contributed by atoms with E-state index < -0.39 is 5.82 Å². The van der Waals surface area contributed by atoms with Crippen LogP contribution in [0.3, 0.4) is 0 Å². The fraction of sp³-hybridized carbons (Fsp3) is 0.444. The molecule has 0 amide bonds. The summed E-state index contributed by atoms with van der Waals surface area (Å²) in [7, 11) is 0. The van der Waals surface area contributed by atoms with Gasteiger partial charge in [-0.05, 0) is 29.8 Å². The highest BCUT2D eigenvalue weighted by molar-refractivity contribution is 5.15. The van der Waals surface area contributed by atoms with Gasteiger partial charge in [0.2, 0.25) is 0 Å². The second-order valence-corrected chi connectivity index (χ2v) is 6.56. The average Bonchev–Trinajstić information content (AvgIpc) is 2.57. The van der Waals surface area contributed by atoms with Crippen LogP contribution >= 0.6 is 0 Å². The Hall–Kier alpha value is -2.05. The lowest BCUT2D eigenvalue weighted by molar-refractivity contribution is -0.188. The summed E-state index contributed by atoms with van der Waals surface area (Å²) in [5.74, 6) is -0.321. The Bertz CT molecular complexity index is 692. The maximum atomic E-state index is 13.7. The van der Waals surface area contributed by atoms with Crippen molar-refractivity contribution in [3.8, 4) is 5.88 Å². The summed E-state index contributed by atoms with van der Waals surface area (Å²) in [6, 6.07) is 7.00. The van der Waals surface area contributed by atoms with Crippen molar-refractivity contribution in [1.82, 2.24) is 14.9 Å². The monoisotopic (exact) mass is 329 g/mol. The van der Waals surface area contributed by atoms with Gasteiger partial charge < -0.3 is 9.47 Å². The molecule has 2 fully saturated rings. The van der Waals surface area contributed by atoms with Crippen molar-refractivity contribution in [2.75, 3.05) is 19.7 Å². The lowest BCUT2D eigenvalue weighted by Crippen LogP contribution is -2.65. The maximum Gasteiger partial charge on any atom is 0.250 e. The molecule has 0 radical (unpaired) electrons. The molecule has 2 aromatic heterocycles. The zero-order chi connectivity index (χ0) is 16.4. The van der Waals surface area contributed by atoms with Crippen LogP contribution in [0.25, 0.3) is 0 Å². The number of nitrogens with zero attached hydrogens (tertiary/aromatic N) is 3. The van der Waals surface area contributed by atoms with Gasteiger partial charge in [-0.2, -0.15) is 0 Å². The largest absolute Gasteiger partial charge is 0.472 e. The van der Waals surface area contributed by atoms with Gasteiger partial charge in [0, 0.05) is 51.1 Å². The first-order valence-electron chi connectivity index (χ1n) is 8.25. The minimum absolute atomic E-state index is 0.0498. The maximum absolute atomic E-state index is 13.7. The SMILES string of the molecule is Fc1cccnc1OC1CCOC2(C1)CN(Cc1ccncc1)C2. The molecule has 4 rings (SSSR count). The van der Waals surface area contributed by atoms with Crippen molar-refractivity contribution in [2.24, 2.45) is 0 Å². The Morgan fingerprint density at radius 3 is 2.88 bits per heavy atom. The molecule has 2 aliphatic heterocycles. The van der Waals surface area contributed by atoms with E-state index >= 15 is 0 Å². The van der Waals surface area contributed by atoms with Crippen molar-refractivity contribution in [2.45, 2.75) is 31.1 Å². The van der Waals surface area contributed by atoms with Gasteiger partial charge in [0.25, 0.3) is 5.88 Å². The molecule has 0 bridgehead atoms. The molecular formula is C18H20FN3O2. The quantitative estimate of drug-likeness (QED) is 0.862. The molecule has 126 valence electrons. The van der Waals surface area contributed by atoms with Crippen molar-refractivity contribution in [3.05, 3.63) is 54.2 Å². The number of hydrogen-bond acceptors (Lipinski definition) is 5. The summed E-state index contributed by atoms with van der Waals surface area (Å²) < 4.78 is 25.5. The summed E-state index contributed by atoms with van der Waals surface area (Å²) in [4.78, 5) is 10.4. The standard InChI is InChI=1S/C18H20FN3O2/c19-16-2-1-6-21-17(16)24-15-5-9-23-18(10-15)12-22(13-18)11-14-3-7-20-8-4-14/h1-4,6-8,15H,5,9-13H2. The fourth-order valence-electron chi connectivity index (χ4n) is 3.55. The van der Waals surface area contributed by atoms with E-state index in [9.17, 15) is 4.39 Å². The Kier molecular flexibility index (Phi) is 4.16. The Labute approximate surface area is 140 Å². The third-order valence-electron chi connectivity index (χ3n) is 4.63. The zero-order valence-corrected chi connectivity index (χ0v) is 13.4. The van der Waals surface area contributed by atoms with Crippen LogP contribution in [0.1, 0.15) is 18.4 Å². The van der Waals surface area contributed by atoms with Gasteiger partial charge in [-0.25, -0.2) is 9.37 Å². The summed E-state index contributed by atoms with van der Waals surface area (Å²) in [6.07, 6.45) is 6.66. The molecule has 0 aliphatic carbocycles. The van der Waals surface area contributed by atoms with Crippen LogP contribution in [0.4, 0.5) is 4.39 Å². The Morgan fingerprint density at radius 1 is 1.25 bits per heavy atom. The van der Waals surface area contributed by atoms with Crippen LogP contribution in [0.5, 0.6) is 5.88 Å². The molecule has 0 N–H and O–H groups in total. The number of aromatic nitrogens is 2. The van der Waals surface area contributed by atoms with Crippen molar-refractivity contribution in [3.63, 3.8) is 0 Å². The predicted molar refractivity (Wildman–Crippen MR) is 86.0 cm³/mol. The van der Waals surface area contributed by atoms with Crippen molar-refractivity contribution >= 4 is 0 Å². The predicted octanol–water partition coefficient (Wildman–Crippen LogP) is 2.43. The second-order valence-electron chi connectivity index (χ2n) is 6.56. The molecule has 0 aromatic carbocycles. The average molecular weight is 329 g/mol. The zero-order valence-electron chi connectivity index (χ0n) is 13.4. The van der Waals surface area contributed by atoms with Gasteiger partial charge in [-0.3, -0.25) is 9.88 Å². The van der Waals surface area contributed by atoms with Crippen LogP contribution in [0.2, 0.25) is 0 Å². The topological polar surface area (TPSA) is 47.5 Å². The molecule has 4 heterocycles. The van der Waals surface area contributed by atoms with E-state index in [-0.39, 0.29) is 17.6 Å². The molecule has 2 saturated heterocycles. The number of pyridine rings is 2. The van der Waals surface area contributed by atoms with E-state index in [1.165, 1.54) is 11.6 Å². The van der Waals surface area contributed by atoms with Gasteiger partial charge in [-0.1, -0.05) is 0 Å². The molecule has 1 atom stereocenters. The number of hydrogen-bond donors (Lipinski definition) is 0. The fourth-order valence-corrected chi connectivity index (χ4v) is 3.55. The van der Waals surface area contributed by atoms with Gasteiger partial charge in [0.1, 0.15) is 6.10 Å². The lowest BCUT2D eigenvalue weighted by Gasteiger charge is -2.53. The molecule has 1 unspecified atom stereocenters. The lowest BCUT2D eigenvalue weighted by atomic mass is 9.84. The van der Waals surface area contributed by atoms with Crippen molar-refractivity contribution < 1.29 is 13.9 Å². The Morgan fingerprint density at radius 2 is 2.08 bits per heavy atom. The Balaban J connectivity index is 1.34. The summed E-state index contributed by atoms with van der Waals surface area (Å²) in [5, 5.41) is 0. The first-order chi connectivity index (χ1) is 11.7. The van der Waals surface area contributed by atoms with E-state index in [1.54, 1.807) is 12.3 Å². The minimum atomic E-state index is -0.411. The molecule has 24 heavy (non-hydrogen) atoms. The van der Waals surface area contributed by atoms with Crippen LogP contribution in [-0.4, -0.2) is 46.3 Å². The van der Waals surface area contributed by atoms with E-state index in [2.05, 4.69) is 14.9 Å². The van der Waals surface area contributed by atoms with E-state index in [1.807, 2.05) is 24.5 Å². The van der Waals surface area contributed by atoms with Crippen LogP contribution in [0, 0.1) is 5.82 Å². The van der Waals surface area contributed by atoms with Gasteiger partial charge in [0.05, 0.1) is 12.2 Å². The van der Waals surface area contributed by atoms with Crippen molar-refractivity contribution in [1.29, 1.82) is 0 Å². The number of likely N-dealkylation sites (tertiary alicyclic amines) is 1. The first kappa shape index (κ1) is 15.5. The van der Waals surface area contributed by atoms with E-state index in [4.69, 9.17) is 9.47 Å². The summed E-state index contributed by atoms with van der Waals surface area (Å²) in [5.41, 5.74) is 1.08. The second kappa shape index (κ2) is 6.45. The molecule has 6 heteroatoms. The van der Waals surface area contributed by atoms with Crippen LogP contribution in [0.15, 0.2) is 42.9 Å². The van der Waals surface area contributed by atoms with E-state index in [0.717, 1.165) is 32.5 Å². The van der Waals surface area contributed by atoms with Gasteiger partial charge >= 0.3 is 0 Å². The van der Waals surface area contributed by atoms with Crippen LogP contribution < -0.4 is 4.74 Å². The molecular weight excluding hydrogens is 309 g/mol. The van der Waals surface area contributed by atoms with E-state index in [0.29, 0.717) is 6.61 Å².